The molecule has 0 radical (unpaired) electrons. The van der Waals surface area contributed by atoms with Gasteiger partial charge >= 0.3 is 0 Å². The van der Waals surface area contributed by atoms with Crippen LogP contribution < -0.4 is 0 Å². The highest BCUT2D eigenvalue weighted by molar-refractivity contribution is 7.98. The average molecular weight is 393 g/mol. The third kappa shape index (κ3) is 3.89. The van der Waals surface area contributed by atoms with Crippen LogP contribution in [-0.4, -0.2) is 35.7 Å². The number of hydrogen-bond donors (Lipinski definition) is 0. The van der Waals surface area contributed by atoms with Gasteiger partial charge in [-0.1, -0.05) is 12.1 Å². The summed E-state index contributed by atoms with van der Waals surface area (Å²) in [5.41, 5.74) is 1.60. The highest BCUT2D eigenvalue weighted by Gasteiger charge is 2.27. The van der Waals surface area contributed by atoms with Gasteiger partial charge in [0, 0.05) is 36.7 Å². The fourth-order valence-corrected chi connectivity index (χ4v) is 5.23. The summed E-state index contributed by atoms with van der Waals surface area (Å²) in [7, 11) is -3.46. The highest BCUT2D eigenvalue weighted by Crippen LogP contribution is 2.28. The minimum atomic E-state index is -3.46. The summed E-state index contributed by atoms with van der Waals surface area (Å²) in [4.78, 5) is 15.1. The quantitative estimate of drug-likeness (QED) is 0.424. The van der Waals surface area contributed by atoms with Gasteiger partial charge in [-0.25, -0.2) is 13.4 Å². The van der Waals surface area contributed by atoms with E-state index in [9.17, 15) is 18.5 Å². The molecule has 2 heterocycles. The summed E-state index contributed by atoms with van der Waals surface area (Å²) in [6.07, 6.45) is 3.17. The van der Waals surface area contributed by atoms with Crippen molar-refractivity contribution in [2.24, 2.45) is 0 Å². The summed E-state index contributed by atoms with van der Waals surface area (Å²) < 4.78 is 26.5. The predicted molar refractivity (Wildman–Crippen MR) is 99.6 cm³/mol. The zero-order valence-electron chi connectivity index (χ0n) is 14.3. The van der Waals surface area contributed by atoms with Crippen LogP contribution in [0.4, 0.5) is 5.69 Å². The standard InChI is InChI=1S/C17H19N3O4S2/c1-13-14(5-4-6-16(13)20(21)22)12-25-17-8-7-15(11-18-17)26(23,24)19-9-2-3-10-19/h4-8,11H,2-3,9-10,12H2,1H3. The Morgan fingerprint density at radius 2 is 1.96 bits per heavy atom. The van der Waals surface area contributed by atoms with E-state index in [1.54, 1.807) is 25.1 Å². The Bertz CT molecular complexity index is 908. The molecule has 1 fully saturated rings. The number of nitro benzene ring substituents is 1. The molecule has 2 aromatic rings. The summed E-state index contributed by atoms with van der Waals surface area (Å²) >= 11 is 1.42. The Hall–Kier alpha value is -1.97. The molecule has 1 aliphatic heterocycles. The van der Waals surface area contributed by atoms with E-state index in [0.717, 1.165) is 18.4 Å². The van der Waals surface area contributed by atoms with Crippen molar-refractivity contribution in [2.75, 3.05) is 13.1 Å². The van der Waals surface area contributed by atoms with Gasteiger partial charge in [0.05, 0.1) is 9.95 Å². The van der Waals surface area contributed by atoms with Crippen LogP contribution in [0, 0.1) is 17.0 Å². The van der Waals surface area contributed by atoms with Crippen molar-refractivity contribution < 1.29 is 13.3 Å². The Kier molecular flexibility index (Phi) is 5.59. The van der Waals surface area contributed by atoms with Gasteiger partial charge in [-0.05, 0) is 37.5 Å². The van der Waals surface area contributed by atoms with Crippen LogP contribution in [0.5, 0.6) is 0 Å². The first-order valence-corrected chi connectivity index (χ1v) is 10.6. The number of sulfonamides is 1. The fourth-order valence-electron chi connectivity index (χ4n) is 2.86. The Morgan fingerprint density at radius 3 is 2.58 bits per heavy atom. The molecule has 9 heteroatoms. The lowest BCUT2D eigenvalue weighted by Gasteiger charge is -2.15. The van der Waals surface area contributed by atoms with Crippen LogP contribution in [0.2, 0.25) is 0 Å². The third-order valence-corrected chi connectivity index (χ3v) is 7.28. The number of nitrogens with zero attached hydrogens (tertiary/aromatic N) is 3. The maximum Gasteiger partial charge on any atom is 0.272 e. The summed E-state index contributed by atoms with van der Waals surface area (Å²) in [5, 5.41) is 11.7. The minimum absolute atomic E-state index is 0.100. The van der Waals surface area contributed by atoms with E-state index < -0.39 is 10.0 Å². The number of aromatic nitrogens is 1. The van der Waals surface area contributed by atoms with Gasteiger partial charge in [0.1, 0.15) is 4.90 Å². The Morgan fingerprint density at radius 1 is 1.23 bits per heavy atom. The lowest BCUT2D eigenvalue weighted by Crippen LogP contribution is -2.27. The zero-order valence-corrected chi connectivity index (χ0v) is 15.9. The van der Waals surface area contributed by atoms with Crippen LogP contribution in [0.15, 0.2) is 46.5 Å². The number of thioether (sulfide) groups is 1. The van der Waals surface area contributed by atoms with Crippen molar-refractivity contribution in [3.8, 4) is 0 Å². The second-order valence-electron chi connectivity index (χ2n) is 6.05. The molecule has 26 heavy (non-hydrogen) atoms. The Balaban J connectivity index is 1.71. The van der Waals surface area contributed by atoms with Crippen molar-refractivity contribution in [1.82, 2.24) is 9.29 Å². The third-order valence-electron chi connectivity index (χ3n) is 4.40. The maximum atomic E-state index is 12.5. The molecular formula is C17H19N3O4S2. The van der Waals surface area contributed by atoms with Crippen LogP contribution >= 0.6 is 11.8 Å². The van der Waals surface area contributed by atoms with Gasteiger partial charge in [-0.3, -0.25) is 10.1 Å². The molecule has 1 aromatic carbocycles. The smallest absolute Gasteiger partial charge is 0.258 e. The molecule has 1 aromatic heterocycles. The van der Waals surface area contributed by atoms with Crippen molar-refractivity contribution in [3.63, 3.8) is 0 Å². The van der Waals surface area contributed by atoms with Crippen LogP contribution in [0.3, 0.4) is 0 Å². The van der Waals surface area contributed by atoms with E-state index in [1.807, 2.05) is 6.07 Å². The molecule has 0 unspecified atom stereocenters. The molecule has 0 spiro atoms. The molecule has 138 valence electrons. The van der Waals surface area contributed by atoms with Gasteiger partial charge in [-0.15, -0.1) is 11.8 Å². The molecule has 3 rings (SSSR count). The number of hydrogen-bond acceptors (Lipinski definition) is 6. The first-order chi connectivity index (χ1) is 12.4. The first-order valence-electron chi connectivity index (χ1n) is 8.21. The second-order valence-corrected chi connectivity index (χ2v) is 8.98. The number of benzene rings is 1. The van der Waals surface area contributed by atoms with Crippen molar-refractivity contribution in [2.45, 2.75) is 35.4 Å². The van der Waals surface area contributed by atoms with Gasteiger partial charge in [0.2, 0.25) is 10.0 Å². The molecule has 0 amide bonds. The van der Waals surface area contributed by atoms with E-state index >= 15 is 0 Å². The SMILES string of the molecule is Cc1c(CSc2ccc(S(=O)(=O)N3CCCC3)cn2)cccc1[N+](=O)[O-]. The molecule has 0 N–H and O–H groups in total. The number of pyridine rings is 1. The molecule has 7 nitrogen and oxygen atoms in total. The van der Waals surface area contributed by atoms with E-state index in [2.05, 4.69) is 4.98 Å². The van der Waals surface area contributed by atoms with Gasteiger partial charge in [0.15, 0.2) is 0 Å². The normalized spacial score (nSPS) is 15.3. The van der Waals surface area contributed by atoms with Crippen LogP contribution in [0.1, 0.15) is 24.0 Å². The maximum absolute atomic E-state index is 12.5. The number of nitro groups is 1. The lowest BCUT2D eigenvalue weighted by molar-refractivity contribution is -0.385. The second kappa shape index (κ2) is 7.73. The molecular weight excluding hydrogens is 374 g/mol. The molecule has 0 atom stereocenters. The van der Waals surface area contributed by atoms with Crippen LogP contribution in [-0.2, 0) is 15.8 Å². The molecule has 0 bridgehead atoms. The molecule has 0 aliphatic carbocycles. The topological polar surface area (TPSA) is 93.4 Å². The van der Waals surface area contributed by atoms with E-state index in [-0.39, 0.29) is 15.5 Å². The summed E-state index contributed by atoms with van der Waals surface area (Å²) in [6.45, 7) is 2.85. The van der Waals surface area contributed by atoms with E-state index in [1.165, 1.54) is 28.3 Å². The lowest BCUT2D eigenvalue weighted by atomic mass is 10.1. The average Bonchev–Trinajstić information content (AvgIpc) is 3.16. The highest BCUT2D eigenvalue weighted by atomic mass is 32.2. The fraction of sp³-hybridized carbons (Fsp3) is 0.353. The summed E-state index contributed by atoms with van der Waals surface area (Å²) in [5.74, 6) is 0.527. The molecule has 0 saturated carbocycles. The van der Waals surface area contributed by atoms with Crippen molar-refractivity contribution in [1.29, 1.82) is 0 Å². The zero-order chi connectivity index (χ0) is 18.7. The van der Waals surface area contributed by atoms with Gasteiger partial charge in [0.25, 0.3) is 5.69 Å². The van der Waals surface area contributed by atoms with E-state index in [0.29, 0.717) is 29.4 Å². The summed E-state index contributed by atoms with van der Waals surface area (Å²) in [6, 6.07) is 8.26. The molecule has 1 saturated heterocycles. The van der Waals surface area contributed by atoms with Gasteiger partial charge < -0.3 is 0 Å². The van der Waals surface area contributed by atoms with Crippen molar-refractivity contribution in [3.05, 3.63) is 57.8 Å². The largest absolute Gasteiger partial charge is 0.272 e. The first kappa shape index (κ1) is 18.8. The minimum Gasteiger partial charge on any atom is -0.258 e. The van der Waals surface area contributed by atoms with E-state index in [4.69, 9.17) is 0 Å². The molecule has 1 aliphatic rings. The van der Waals surface area contributed by atoms with Crippen LogP contribution in [0.25, 0.3) is 0 Å². The van der Waals surface area contributed by atoms with Crippen molar-refractivity contribution >= 4 is 27.5 Å². The monoisotopic (exact) mass is 393 g/mol. The van der Waals surface area contributed by atoms with Gasteiger partial charge in [-0.2, -0.15) is 4.31 Å². The Labute approximate surface area is 156 Å². The predicted octanol–water partition coefficient (Wildman–Crippen LogP) is 3.38. The number of rotatable bonds is 6.